The Bertz CT molecular complexity index is 505. The fourth-order valence-electron chi connectivity index (χ4n) is 1.47. The molecule has 94 valence electrons. The molecular weight excluding hydrogens is 232 g/mol. The molecule has 6 heteroatoms. The first-order chi connectivity index (χ1) is 8.85. The Hall–Kier alpha value is -2.34. The van der Waals surface area contributed by atoms with Crippen LogP contribution in [0.15, 0.2) is 36.7 Å². The number of benzene rings is 1. The fourth-order valence-corrected chi connectivity index (χ4v) is 1.47. The molecule has 1 heterocycles. The molecule has 18 heavy (non-hydrogen) atoms. The Labute approximate surface area is 105 Å². The van der Waals surface area contributed by atoms with Crippen LogP contribution in [0, 0.1) is 0 Å². The Morgan fingerprint density at radius 3 is 2.67 bits per heavy atom. The molecule has 0 aliphatic rings. The van der Waals surface area contributed by atoms with E-state index in [2.05, 4.69) is 15.4 Å². The fraction of sp³-hybridized carbons (Fsp3) is 0.167. The van der Waals surface area contributed by atoms with Gasteiger partial charge in [-0.25, -0.2) is 10.8 Å². The van der Waals surface area contributed by atoms with E-state index in [0.29, 0.717) is 24.1 Å². The third kappa shape index (κ3) is 2.67. The monoisotopic (exact) mass is 246 g/mol. The summed E-state index contributed by atoms with van der Waals surface area (Å²) in [7, 11) is 1.51. The highest BCUT2D eigenvalue weighted by atomic mass is 16.5. The number of rotatable bonds is 5. The third-order valence-electron chi connectivity index (χ3n) is 2.33. The van der Waals surface area contributed by atoms with Crippen LogP contribution >= 0.6 is 0 Å². The van der Waals surface area contributed by atoms with Crippen LogP contribution in [0.5, 0.6) is 11.6 Å². The van der Waals surface area contributed by atoms with E-state index >= 15 is 0 Å². The highest BCUT2D eigenvalue weighted by Gasteiger charge is 2.12. The summed E-state index contributed by atoms with van der Waals surface area (Å²) in [4.78, 5) is 7.95. The van der Waals surface area contributed by atoms with Crippen molar-refractivity contribution in [2.75, 3.05) is 12.5 Å². The van der Waals surface area contributed by atoms with Crippen LogP contribution in [0.4, 0.5) is 5.82 Å². The van der Waals surface area contributed by atoms with Crippen molar-refractivity contribution in [1.82, 2.24) is 9.97 Å². The highest BCUT2D eigenvalue weighted by molar-refractivity contribution is 5.54. The largest absolute Gasteiger partial charge is 0.489 e. The van der Waals surface area contributed by atoms with Gasteiger partial charge in [-0.3, -0.25) is 0 Å². The van der Waals surface area contributed by atoms with Gasteiger partial charge in [0.25, 0.3) is 5.88 Å². The van der Waals surface area contributed by atoms with E-state index in [9.17, 15) is 0 Å². The quantitative estimate of drug-likeness (QED) is 0.612. The Morgan fingerprint density at radius 1 is 1.22 bits per heavy atom. The molecule has 2 aromatic rings. The van der Waals surface area contributed by atoms with Crippen molar-refractivity contribution in [3.63, 3.8) is 0 Å². The predicted molar refractivity (Wildman–Crippen MR) is 67.2 cm³/mol. The minimum Gasteiger partial charge on any atom is -0.489 e. The smallest absolute Gasteiger partial charge is 0.262 e. The molecule has 0 radical (unpaired) electrons. The lowest BCUT2D eigenvalue weighted by atomic mass is 10.2. The Morgan fingerprint density at radius 2 is 2.00 bits per heavy atom. The van der Waals surface area contributed by atoms with Crippen molar-refractivity contribution in [3.8, 4) is 11.6 Å². The maximum absolute atomic E-state index is 5.58. The molecule has 3 N–H and O–H groups in total. The first kappa shape index (κ1) is 12.1. The summed E-state index contributed by atoms with van der Waals surface area (Å²) in [5, 5.41) is 0. The van der Waals surface area contributed by atoms with Crippen molar-refractivity contribution >= 4 is 5.82 Å². The molecule has 0 aliphatic carbocycles. The second kappa shape index (κ2) is 5.83. The molecule has 1 aromatic heterocycles. The summed E-state index contributed by atoms with van der Waals surface area (Å²) in [6.07, 6.45) is 1.36. The molecule has 0 bridgehead atoms. The maximum atomic E-state index is 5.58. The van der Waals surface area contributed by atoms with Gasteiger partial charge in [-0.05, 0) is 5.56 Å². The Kier molecular flexibility index (Phi) is 3.93. The first-order valence-electron chi connectivity index (χ1n) is 5.37. The van der Waals surface area contributed by atoms with Gasteiger partial charge in [0.05, 0.1) is 7.11 Å². The maximum Gasteiger partial charge on any atom is 0.262 e. The summed E-state index contributed by atoms with van der Waals surface area (Å²) in [5.41, 5.74) is 3.47. The minimum atomic E-state index is 0.351. The van der Waals surface area contributed by atoms with Gasteiger partial charge >= 0.3 is 0 Å². The molecule has 0 saturated carbocycles. The first-order valence-corrected chi connectivity index (χ1v) is 5.37. The summed E-state index contributed by atoms with van der Waals surface area (Å²) in [6, 6.07) is 9.78. The molecule has 0 saturated heterocycles. The second-order valence-corrected chi connectivity index (χ2v) is 3.48. The Balaban J connectivity index is 2.14. The van der Waals surface area contributed by atoms with Gasteiger partial charge in [0.2, 0.25) is 5.75 Å². The van der Waals surface area contributed by atoms with Crippen LogP contribution in [-0.2, 0) is 6.61 Å². The lowest BCUT2D eigenvalue weighted by Crippen LogP contribution is -2.11. The van der Waals surface area contributed by atoms with Gasteiger partial charge in [0.15, 0.2) is 5.82 Å². The zero-order chi connectivity index (χ0) is 12.8. The lowest BCUT2D eigenvalue weighted by Gasteiger charge is -2.11. The van der Waals surface area contributed by atoms with E-state index in [-0.39, 0.29) is 0 Å². The van der Waals surface area contributed by atoms with Crippen molar-refractivity contribution in [1.29, 1.82) is 0 Å². The third-order valence-corrected chi connectivity index (χ3v) is 2.33. The van der Waals surface area contributed by atoms with E-state index in [4.69, 9.17) is 15.3 Å². The standard InChI is InChI=1S/C12H14N4O2/c1-17-10-11(16-13)14-8-15-12(10)18-7-9-5-3-2-4-6-9/h2-6,8H,7,13H2,1H3,(H,14,15,16). The summed E-state index contributed by atoms with van der Waals surface area (Å²) in [6.45, 7) is 0.401. The molecule has 0 amide bonds. The van der Waals surface area contributed by atoms with E-state index < -0.39 is 0 Å². The SMILES string of the molecule is COc1c(NN)ncnc1OCc1ccccc1. The molecule has 6 nitrogen and oxygen atoms in total. The van der Waals surface area contributed by atoms with Gasteiger partial charge in [0, 0.05) is 0 Å². The van der Waals surface area contributed by atoms with Gasteiger partial charge in [-0.15, -0.1) is 0 Å². The number of nitrogens with two attached hydrogens (primary N) is 1. The number of nitrogen functional groups attached to an aromatic ring is 1. The zero-order valence-electron chi connectivity index (χ0n) is 9.96. The molecule has 0 atom stereocenters. The van der Waals surface area contributed by atoms with Crippen molar-refractivity contribution < 1.29 is 9.47 Å². The summed E-state index contributed by atoms with van der Waals surface area (Å²) in [5.74, 6) is 6.45. The van der Waals surface area contributed by atoms with E-state index in [0.717, 1.165) is 5.56 Å². The van der Waals surface area contributed by atoms with Crippen LogP contribution in [0.3, 0.4) is 0 Å². The minimum absolute atomic E-state index is 0.351. The number of hydrazine groups is 1. The molecule has 0 fully saturated rings. The van der Waals surface area contributed by atoms with Crippen LogP contribution in [0.1, 0.15) is 5.56 Å². The van der Waals surface area contributed by atoms with Crippen LogP contribution in [-0.4, -0.2) is 17.1 Å². The molecule has 0 spiro atoms. The summed E-state index contributed by atoms with van der Waals surface area (Å²) < 4.78 is 10.7. The number of hydrogen-bond acceptors (Lipinski definition) is 6. The number of aromatic nitrogens is 2. The molecule has 0 aliphatic heterocycles. The normalized spacial score (nSPS) is 9.89. The molecular formula is C12H14N4O2. The summed E-state index contributed by atoms with van der Waals surface area (Å²) >= 11 is 0. The van der Waals surface area contributed by atoms with Crippen LogP contribution in [0.25, 0.3) is 0 Å². The topological polar surface area (TPSA) is 82.3 Å². The van der Waals surface area contributed by atoms with Gasteiger partial charge in [-0.1, -0.05) is 30.3 Å². The second-order valence-electron chi connectivity index (χ2n) is 3.48. The number of ether oxygens (including phenoxy) is 2. The van der Waals surface area contributed by atoms with Crippen LogP contribution in [0.2, 0.25) is 0 Å². The zero-order valence-corrected chi connectivity index (χ0v) is 9.96. The van der Waals surface area contributed by atoms with Gasteiger partial charge in [-0.2, -0.15) is 4.98 Å². The number of nitrogens with one attached hydrogen (secondary N) is 1. The number of methoxy groups -OCH3 is 1. The molecule has 0 unspecified atom stereocenters. The van der Waals surface area contributed by atoms with Gasteiger partial charge in [0.1, 0.15) is 12.9 Å². The number of hydrogen-bond donors (Lipinski definition) is 2. The average Bonchev–Trinajstić information content (AvgIpc) is 2.45. The number of anilines is 1. The lowest BCUT2D eigenvalue weighted by molar-refractivity contribution is 0.272. The van der Waals surface area contributed by atoms with Crippen LogP contribution < -0.4 is 20.7 Å². The van der Waals surface area contributed by atoms with Crippen molar-refractivity contribution in [3.05, 3.63) is 42.2 Å². The highest BCUT2D eigenvalue weighted by Crippen LogP contribution is 2.30. The van der Waals surface area contributed by atoms with E-state index in [1.54, 1.807) is 0 Å². The van der Waals surface area contributed by atoms with E-state index in [1.165, 1.54) is 13.4 Å². The predicted octanol–water partition coefficient (Wildman–Crippen LogP) is 1.35. The molecule has 2 rings (SSSR count). The van der Waals surface area contributed by atoms with E-state index in [1.807, 2.05) is 30.3 Å². The van der Waals surface area contributed by atoms with Crippen molar-refractivity contribution in [2.45, 2.75) is 6.61 Å². The van der Waals surface area contributed by atoms with Crippen molar-refractivity contribution in [2.24, 2.45) is 5.84 Å². The molecule has 1 aromatic carbocycles. The van der Waals surface area contributed by atoms with Gasteiger partial charge < -0.3 is 14.9 Å². The average molecular weight is 246 g/mol. The number of nitrogens with zero attached hydrogens (tertiary/aromatic N) is 2.